The smallest absolute Gasteiger partial charge is 0.253 e. The van der Waals surface area contributed by atoms with Crippen molar-refractivity contribution in [3.8, 4) is 0 Å². The molecule has 0 spiro atoms. The van der Waals surface area contributed by atoms with E-state index in [9.17, 15) is 17.6 Å². The molecule has 1 amide bonds. The van der Waals surface area contributed by atoms with E-state index in [1.54, 1.807) is 0 Å². The zero-order valence-electron chi connectivity index (χ0n) is 11.4. The number of carbonyl (C=O) groups is 1. The van der Waals surface area contributed by atoms with Crippen molar-refractivity contribution < 1.29 is 17.6 Å². The Morgan fingerprint density at radius 1 is 1.38 bits per heavy atom. The Labute approximate surface area is 127 Å². The van der Waals surface area contributed by atoms with Gasteiger partial charge in [0.15, 0.2) is 0 Å². The number of primary sulfonamides is 1. The van der Waals surface area contributed by atoms with Crippen molar-refractivity contribution in [2.45, 2.75) is 43.0 Å². The summed E-state index contributed by atoms with van der Waals surface area (Å²) in [6, 6.07) is 1.66. The van der Waals surface area contributed by atoms with Crippen LogP contribution in [-0.2, 0) is 10.0 Å². The van der Waals surface area contributed by atoms with Gasteiger partial charge in [-0.2, -0.15) is 0 Å². The van der Waals surface area contributed by atoms with Crippen molar-refractivity contribution in [1.29, 1.82) is 0 Å². The molecule has 116 valence electrons. The van der Waals surface area contributed by atoms with Crippen molar-refractivity contribution in [3.05, 3.63) is 28.5 Å². The van der Waals surface area contributed by atoms with E-state index in [1.165, 1.54) is 0 Å². The third-order valence-corrected chi connectivity index (χ3v) is 4.93. The standard InChI is InChI=1S/C13H16ClFN2O3S/c1-13(4-2-3-5-13)17-12(18)8-6-11(21(16,19)20)10(15)7-9(8)14/h6-7H,2-5H2,1H3,(H,17,18)(H2,16,19,20). The van der Waals surface area contributed by atoms with Crippen LogP contribution in [0.3, 0.4) is 0 Å². The molecule has 1 aromatic rings. The van der Waals surface area contributed by atoms with Crippen molar-refractivity contribution in [3.63, 3.8) is 0 Å². The maximum atomic E-state index is 13.6. The summed E-state index contributed by atoms with van der Waals surface area (Å²) in [5.74, 6) is -1.61. The van der Waals surface area contributed by atoms with E-state index in [-0.39, 0.29) is 16.1 Å². The molecule has 0 atom stereocenters. The van der Waals surface area contributed by atoms with Gasteiger partial charge in [0.25, 0.3) is 5.91 Å². The van der Waals surface area contributed by atoms with E-state index >= 15 is 0 Å². The molecule has 0 radical (unpaired) electrons. The van der Waals surface area contributed by atoms with Crippen LogP contribution in [0.15, 0.2) is 17.0 Å². The fourth-order valence-corrected chi connectivity index (χ4v) is 3.39. The first-order valence-electron chi connectivity index (χ1n) is 6.47. The van der Waals surface area contributed by atoms with E-state index in [4.69, 9.17) is 16.7 Å². The number of halogens is 2. The predicted octanol–water partition coefficient (Wildman–Crippen LogP) is 2.19. The Bertz CT molecular complexity index is 685. The van der Waals surface area contributed by atoms with Gasteiger partial charge in [-0.25, -0.2) is 17.9 Å². The maximum absolute atomic E-state index is 13.6. The summed E-state index contributed by atoms with van der Waals surface area (Å²) in [6.07, 6.45) is 3.69. The average Bonchev–Trinajstić information content (AvgIpc) is 2.73. The second-order valence-electron chi connectivity index (χ2n) is 5.53. The summed E-state index contributed by atoms with van der Waals surface area (Å²) in [7, 11) is -4.26. The lowest BCUT2D eigenvalue weighted by molar-refractivity contribution is 0.0908. The molecular weight excluding hydrogens is 319 g/mol. The molecule has 5 nitrogen and oxygen atoms in total. The highest BCUT2D eigenvalue weighted by atomic mass is 35.5. The van der Waals surface area contributed by atoms with Gasteiger partial charge >= 0.3 is 0 Å². The molecular formula is C13H16ClFN2O3S. The van der Waals surface area contributed by atoms with Crippen LogP contribution in [0.5, 0.6) is 0 Å². The van der Waals surface area contributed by atoms with E-state index in [0.717, 1.165) is 37.8 Å². The van der Waals surface area contributed by atoms with Gasteiger partial charge in [0.1, 0.15) is 10.7 Å². The summed E-state index contributed by atoms with van der Waals surface area (Å²) in [5.41, 5.74) is -0.452. The van der Waals surface area contributed by atoms with Crippen molar-refractivity contribution in [2.75, 3.05) is 0 Å². The quantitative estimate of drug-likeness (QED) is 0.887. The van der Waals surface area contributed by atoms with Crippen molar-refractivity contribution in [1.82, 2.24) is 5.32 Å². The van der Waals surface area contributed by atoms with Crippen LogP contribution in [0.2, 0.25) is 5.02 Å². The summed E-state index contributed by atoms with van der Waals surface area (Å²) in [6.45, 7) is 1.91. The lowest BCUT2D eigenvalue weighted by Crippen LogP contribution is -2.43. The Morgan fingerprint density at radius 2 is 1.95 bits per heavy atom. The zero-order chi connectivity index (χ0) is 15.8. The second-order valence-corrected chi connectivity index (χ2v) is 7.47. The number of rotatable bonds is 3. The SMILES string of the molecule is CC1(NC(=O)c2cc(S(N)(=O)=O)c(F)cc2Cl)CCCC1. The van der Waals surface area contributed by atoms with Gasteiger partial charge in [-0.05, 0) is 31.9 Å². The fourth-order valence-electron chi connectivity index (χ4n) is 2.54. The van der Waals surface area contributed by atoms with Gasteiger partial charge in [0, 0.05) is 5.54 Å². The molecule has 1 aliphatic carbocycles. The molecule has 0 aliphatic heterocycles. The molecule has 0 unspecified atom stereocenters. The molecule has 21 heavy (non-hydrogen) atoms. The van der Waals surface area contributed by atoms with Gasteiger partial charge in [-0.15, -0.1) is 0 Å². The number of hydrogen-bond donors (Lipinski definition) is 2. The highest BCUT2D eigenvalue weighted by Gasteiger charge is 2.31. The van der Waals surface area contributed by atoms with E-state index in [0.29, 0.717) is 0 Å². The van der Waals surface area contributed by atoms with Crippen molar-refractivity contribution in [2.24, 2.45) is 5.14 Å². The van der Waals surface area contributed by atoms with Crippen LogP contribution in [0.25, 0.3) is 0 Å². The number of benzene rings is 1. The highest BCUT2D eigenvalue weighted by Crippen LogP contribution is 2.30. The third kappa shape index (κ3) is 3.53. The molecule has 0 saturated heterocycles. The molecule has 0 heterocycles. The number of nitrogens with two attached hydrogens (primary N) is 1. The molecule has 1 aliphatic rings. The minimum Gasteiger partial charge on any atom is -0.347 e. The summed E-state index contributed by atoms with van der Waals surface area (Å²) in [5, 5.41) is 7.60. The summed E-state index contributed by atoms with van der Waals surface area (Å²) >= 11 is 5.84. The van der Waals surface area contributed by atoms with Crippen LogP contribution in [0.1, 0.15) is 43.0 Å². The lowest BCUT2D eigenvalue weighted by Gasteiger charge is -2.25. The van der Waals surface area contributed by atoms with Gasteiger partial charge < -0.3 is 5.32 Å². The van der Waals surface area contributed by atoms with Gasteiger partial charge in [0.2, 0.25) is 10.0 Å². The monoisotopic (exact) mass is 334 g/mol. The number of amides is 1. The third-order valence-electron chi connectivity index (χ3n) is 3.70. The average molecular weight is 335 g/mol. The van der Waals surface area contributed by atoms with Gasteiger partial charge in [-0.1, -0.05) is 24.4 Å². The number of carbonyl (C=O) groups excluding carboxylic acids is 1. The van der Waals surface area contributed by atoms with Crippen LogP contribution in [-0.4, -0.2) is 19.9 Å². The summed E-state index contributed by atoms with van der Waals surface area (Å²) in [4.78, 5) is 11.5. The minimum absolute atomic E-state index is 0.102. The Kier molecular flexibility index (Phi) is 4.28. The first-order chi connectivity index (χ1) is 9.62. The molecule has 1 aromatic carbocycles. The van der Waals surface area contributed by atoms with Gasteiger partial charge in [0.05, 0.1) is 10.6 Å². The van der Waals surface area contributed by atoms with Crippen LogP contribution >= 0.6 is 11.6 Å². The molecule has 2 rings (SSSR count). The fraction of sp³-hybridized carbons (Fsp3) is 0.462. The molecule has 0 aromatic heterocycles. The number of nitrogens with one attached hydrogen (secondary N) is 1. The van der Waals surface area contributed by atoms with E-state index in [1.807, 2.05) is 6.92 Å². The second kappa shape index (κ2) is 5.55. The van der Waals surface area contributed by atoms with Crippen LogP contribution in [0.4, 0.5) is 4.39 Å². The molecule has 1 fully saturated rings. The molecule has 3 N–H and O–H groups in total. The Balaban J connectivity index is 2.37. The van der Waals surface area contributed by atoms with Gasteiger partial charge in [-0.3, -0.25) is 4.79 Å². The number of sulfonamides is 1. The number of hydrogen-bond acceptors (Lipinski definition) is 3. The molecule has 8 heteroatoms. The topological polar surface area (TPSA) is 89.3 Å². The van der Waals surface area contributed by atoms with Crippen LogP contribution < -0.4 is 10.5 Å². The van der Waals surface area contributed by atoms with E-state index in [2.05, 4.69) is 5.32 Å². The first kappa shape index (κ1) is 16.2. The summed E-state index contributed by atoms with van der Waals surface area (Å²) < 4.78 is 36.2. The zero-order valence-corrected chi connectivity index (χ0v) is 13.0. The predicted molar refractivity (Wildman–Crippen MR) is 77.1 cm³/mol. The molecule has 1 saturated carbocycles. The molecule has 0 bridgehead atoms. The Morgan fingerprint density at radius 3 is 2.48 bits per heavy atom. The minimum atomic E-state index is -4.26. The highest BCUT2D eigenvalue weighted by molar-refractivity contribution is 7.89. The largest absolute Gasteiger partial charge is 0.347 e. The normalized spacial score (nSPS) is 17.7. The lowest BCUT2D eigenvalue weighted by atomic mass is 10.00. The van der Waals surface area contributed by atoms with E-state index < -0.39 is 26.6 Å². The Hall–Kier alpha value is -1.18. The van der Waals surface area contributed by atoms with Crippen molar-refractivity contribution >= 4 is 27.5 Å². The first-order valence-corrected chi connectivity index (χ1v) is 8.39. The maximum Gasteiger partial charge on any atom is 0.253 e. The van der Waals surface area contributed by atoms with Crippen LogP contribution in [0, 0.1) is 5.82 Å².